The molecule has 3 unspecified atom stereocenters. The molecule has 1 fully saturated rings. The highest BCUT2D eigenvalue weighted by atomic mass is 16.6. The van der Waals surface area contributed by atoms with Crippen LogP contribution in [0.2, 0.25) is 0 Å². The molecule has 0 aromatic heterocycles. The van der Waals surface area contributed by atoms with E-state index in [2.05, 4.69) is 24.1 Å². The first-order valence-electron chi connectivity index (χ1n) is 7.66. The molecule has 1 N–H and O–H groups in total. The standard InChI is InChI=1S/C16H23N3O3/c1-11-8-12(2)10-18(9-11)13(3)16(20)17-14-4-6-15(7-5-14)19(21)22/h4-7,11-13H,8-10H2,1-3H3,(H,17,20). The lowest BCUT2D eigenvalue weighted by atomic mass is 9.91. The van der Waals surface area contributed by atoms with Crippen molar-refractivity contribution in [3.05, 3.63) is 34.4 Å². The highest BCUT2D eigenvalue weighted by Crippen LogP contribution is 2.23. The Morgan fingerprint density at radius 2 is 1.82 bits per heavy atom. The van der Waals surface area contributed by atoms with E-state index in [4.69, 9.17) is 0 Å². The molecule has 120 valence electrons. The van der Waals surface area contributed by atoms with Crippen molar-refractivity contribution in [2.24, 2.45) is 11.8 Å². The molecule has 1 amide bonds. The number of rotatable bonds is 4. The van der Waals surface area contributed by atoms with Crippen LogP contribution < -0.4 is 5.32 Å². The number of nitro groups is 1. The van der Waals surface area contributed by atoms with Gasteiger partial charge in [-0.15, -0.1) is 0 Å². The van der Waals surface area contributed by atoms with Gasteiger partial charge in [-0.3, -0.25) is 19.8 Å². The van der Waals surface area contributed by atoms with Gasteiger partial charge < -0.3 is 5.32 Å². The number of nitrogens with one attached hydrogen (secondary N) is 1. The van der Waals surface area contributed by atoms with E-state index >= 15 is 0 Å². The largest absolute Gasteiger partial charge is 0.325 e. The minimum Gasteiger partial charge on any atom is -0.325 e. The first-order valence-corrected chi connectivity index (χ1v) is 7.66. The molecule has 1 aromatic rings. The topological polar surface area (TPSA) is 75.5 Å². The van der Waals surface area contributed by atoms with E-state index in [0.717, 1.165) is 13.1 Å². The Morgan fingerprint density at radius 1 is 1.27 bits per heavy atom. The van der Waals surface area contributed by atoms with Crippen LogP contribution in [0.5, 0.6) is 0 Å². The molecule has 1 saturated heterocycles. The van der Waals surface area contributed by atoms with Crippen LogP contribution in [0.4, 0.5) is 11.4 Å². The molecule has 6 heteroatoms. The van der Waals surface area contributed by atoms with Crippen molar-refractivity contribution in [3.63, 3.8) is 0 Å². The summed E-state index contributed by atoms with van der Waals surface area (Å²) in [6.07, 6.45) is 1.20. The van der Waals surface area contributed by atoms with Gasteiger partial charge in [-0.1, -0.05) is 13.8 Å². The second-order valence-corrected chi connectivity index (χ2v) is 6.37. The van der Waals surface area contributed by atoms with Crippen molar-refractivity contribution < 1.29 is 9.72 Å². The second kappa shape index (κ2) is 6.87. The van der Waals surface area contributed by atoms with Crippen LogP contribution in [0.25, 0.3) is 0 Å². The Hall–Kier alpha value is -1.95. The van der Waals surface area contributed by atoms with Gasteiger partial charge in [-0.2, -0.15) is 0 Å². The number of carbonyl (C=O) groups is 1. The molecule has 3 atom stereocenters. The number of nitrogens with zero attached hydrogens (tertiary/aromatic N) is 2. The number of carbonyl (C=O) groups excluding carboxylic acids is 1. The van der Waals surface area contributed by atoms with Crippen molar-refractivity contribution in [2.45, 2.75) is 33.2 Å². The zero-order chi connectivity index (χ0) is 16.3. The van der Waals surface area contributed by atoms with Gasteiger partial charge in [-0.25, -0.2) is 0 Å². The van der Waals surface area contributed by atoms with Gasteiger partial charge in [-0.05, 0) is 37.3 Å². The van der Waals surface area contributed by atoms with Crippen LogP contribution in [-0.2, 0) is 4.79 Å². The van der Waals surface area contributed by atoms with Crippen molar-refractivity contribution in [1.82, 2.24) is 4.90 Å². The molecule has 0 bridgehead atoms. The van der Waals surface area contributed by atoms with Crippen molar-refractivity contribution >= 4 is 17.3 Å². The number of hydrogen-bond acceptors (Lipinski definition) is 4. The zero-order valence-electron chi connectivity index (χ0n) is 13.3. The van der Waals surface area contributed by atoms with E-state index in [-0.39, 0.29) is 17.6 Å². The minimum atomic E-state index is -0.454. The maximum Gasteiger partial charge on any atom is 0.269 e. The van der Waals surface area contributed by atoms with E-state index in [1.54, 1.807) is 12.1 Å². The van der Waals surface area contributed by atoms with Gasteiger partial charge in [0.15, 0.2) is 0 Å². The minimum absolute atomic E-state index is 0.0183. The monoisotopic (exact) mass is 305 g/mol. The predicted molar refractivity (Wildman–Crippen MR) is 85.7 cm³/mol. The fourth-order valence-corrected chi connectivity index (χ4v) is 3.11. The summed E-state index contributed by atoms with van der Waals surface area (Å²) in [6, 6.07) is 5.70. The van der Waals surface area contributed by atoms with Crippen molar-refractivity contribution in [1.29, 1.82) is 0 Å². The zero-order valence-corrected chi connectivity index (χ0v) is 13.3. The molecule has 0 radical (unpaired) electrons. The first kappa shape index (κ1) is 16.4. The summed E-state index contributed by atoms with van der Waals surface area (Å²) >= 11 is 0. The number of amides is 1. The van der Waals surface area contributed by atoms with E-state index in [1.165, 1.54) is 18.6 Å². The number of benzene rings is 1. The number of likely N-dealkylation sites (tertiary alicyclic amines) is 1. The molecule has 22 heavy (non-hydrogen) atoms. The number of non-ortho nitro benzene ring substituents is 1. The van der Waals surface area contributed by atoms with Gasteiger partial charge in [0, 0.05) is 30.9 Å². The maximum atomic E-state index is 12.4. The van der Waals surface area contributed by atoms with Gasteiger partial charge in [0.1, 0.15) is 0 Å². The normalized spacial score (nSPS) is 23.8. The fraction of sp³-hybridized carbons (Fsp3) is 0.562. The van der Waals surface area contributed by atoms with Gasteiger partial charge in [0.05, 0.1) is 11.0 Å². The molecule has 1 aliphatic heterocycles. The molecule has 1 heterocycles. The highest BCUT2D eigenvalue weighted by Gasteiger charge is 2.28. The molecule has 6 nitrogen and oxygen atoms in total. The Bertz CT molecular complexity index is 534. The lowest BCUT2D eigenvalue weighted by Crippen LogP contribution is -2.48. The Kier molecular flexibility index (Phi) is 5.13. The summed E-state index contributed by atoms with van der Waals surface area (Å²) in [6.45, 7) is 8.19. The summed E-state index contributed by atoms with van der Waals surface area (Å²) in [7, 11) is 0. The van der Waals surface area contributed by atoms with Gasteiger partial charge >= 0.3 is 0 Å². The number of nitro benzene ring substituents is 1. The smallest absolute Gasteiger partial charge is 0.269 e. The van der Waals surface area contributed by atoms with Crippen molar-refractivity contribution in [3.8, 4) is 0 Å². The molecule has 2 rings (SSSR count). The molecule has 0 aliphatic carbocycles. The molecule has 0 saturated carbocycles. The van der Waals surface area contributed by atoms with Crippen LogP contribution in [0.3, 0.4) is 0 Å². The third-order valence-corrected chi connectivity index (χ3v) is 4.17. The van der Waals surface area contributed by atoms with Crippen LogP contribution in [-0.4, -0.2) is 34.9 Å². The number of hydrogen-bond donors (Lipinski definition) is 1. The predicted octanol–water partition coefficient (Wildman–Crippen LogP) is 2.90. The molecular weight excluding hydrogens is 282 g/mol. The fourth-order valence-electron chi connectivity index (χ4n) is 3.11. The second-order valence-electron chi connectivity index (χ2n) is 6.37. The van der Waals surface area contributed by atoms with E-state index in [1.807, 2.05) is 6.92 Å². The average molecular weight is 305 g/mol. The lowest BCUT2D eigenvalue weighted by Gasteiger charge is -2.38. The molecule has 0 spiro atoms. The van der Waals surface area contributed by atoms with Crippen molar-refractivity contribution in [2.75, 3.05) is 18.4 Å². The summed E-state index contributed by atoms with van der Waals surface area (Å²) in [5.74, 6) is 1.12. The van der Waals surface area contributed by atoms with Crippen LogP contribution in [0.15, 0.2) is 24.3 Å². The maximum absolute atomic E-state index is 12.4. The summed E-state index contributed by atoms with van der Waals surface area (Å²) < 4.78 is 0. The average Bonchev–Trinajstić information content (AvgIpc) is 2.46. The Morgan fingerprint density at radius 3 is 2.32 bits per heavy atom. The third kappa shape index (κ3) is 4.04. The first-order chi connectivity index (χ1) is 10.4. The van der Waals surface area contributed by atoms with E-state index < -0.39 is 4.92 Å². The SMILES string of the molecule is CC1CC(C)CN(C(C)C(=O)Nc2ccc([N+](=O)[O-])cc2)C1. The summed E-state index contributed by atoms with van der Waals surface area (Å²) in [5, 5.41) is 13.5. The highest BCUT2D eigenvalue weighted by molar-refractivity contribution is 5.94. The lowest BCUT2D eigenvalue weighted by molar-refractivity contribution is -0.384. The van der Waals surface area contributed by atoms with E-state index in [9.17, 15) is 14.9 Å². The van der Waals surface area contributed by atoms with Gasteiger partial charge in [0.2, 0.25) is 5.91 Å². The molecule has 1 aromatic carbocycles. The Labute approximate surface area is 130 Å². The summed E-state index contributed by atoms with van der Waals surface area (Å²) in [5.41, 5.74) is 0.602. The van der Waals surface area contributed by atoms with Crippen LogP contribution in [0, 0.1) is 22.0 Å². The van der Waals surface area contributed by atoms with Crippen LogP contribution in [0.1, 0.15) is 27.2 Å². The third-order valence-electron chi connectivity index (χ3n) is 4.17. The molecule has 1 aliphatic rings. The number of anilines is 1. The Balaban J connectivity index is 1.97. The van der Waals surface area contributed by atoms with Crippen LogP contribution >= 0.6 is 0 Å². The van der Waals surface area contributed by atoms with Gasteiger partial charge in [0.25, 0.3) is 5.69 Å². The summed E-state index contributed by atoms with van der Waals surface area (Å²) in [4.78, 5) is 24.7. The number of piperidine rings is 1. The quantitative estimate of drug-likeness (QED) is 0.685. The van der Waals surface area contributed by atoms with E-state index in [0.29, 0.717) is 17.5 Å². The molecular formula is C16H23N3O3.